The number of nitrogens with zero attached hydrogens (tertiary/aromatic N) is 1. The molecule has 0 spiro atoms. The monoisotopic (exact) mass is 386 g/mol. The van der Waals surface area contributed by atoms with Gasteiger partial charge >= 0.3 is 0 Å². The molecule has 0 radical (unpaired) electrons. The molecule has 0 saturated carbocycles. The number of hydrogen-bond acceptors (Lipinski definition) is 5. The molecule has 1 aromatic carbocycles. The number of benzene rings is 1. The van der Waals surface area contributed by atoms with Crippen LogP contribution >= 0.6 is 23.7 Å². The molecule has 1 fully saturated rings. The van der Waals surface area contributed by atoms with Gasteiger partial charge in [-0.25, -0.2) is 9.37 Å². The third-order valence-corrected chi connectivity index (χ3v) is 5.78. The largest absolute Gasteiger partial charge is 0.490 e. The molecule has 2 heterocycles. The molecule has 3 rings (SSSR count). The summed E-state index contributed by atoms with van der Waals surface area (Å²) in [7, 11) is 0. The molecule has 1 aliphatic rings. The van der Waals surface area contributed by atoms with Crippen LogP contribution in [0, 0.1) is 12.7 Å². The number of para-hydroxylation sites is 1. The molecule has 25 heavy (non-hydrogen) atoms. The van der Waals surface area contributed by atoms with E-state index in [2.05, 4.69) is 10.3 Å². The number of aliphatic hydroxyl groups is 1. The highest BCUT2D eigenvalue weighted by atomic mass is 35.5. The summed E-state index contributed by atoms with van der Waals surface area (Å²) < 4.78 is 19.1. The highest BCUT2D eigenvalue weighted by Crippen LogP contribution is 2.35. The average Bonchev–Trinajstić information content (AvgIpc) is 2.79. The summed E-state index contributed by atoms with van der Waals surface area (Å²) in [6.45, 7) is 4.09. The maximum atomic E-state index is 13.6. The first kappa shape index (κ1) is 20.1. The van der Waals surface area contributed by atoms with Crippen LogP contribution in [0.3, 0.4) is 0 Å². The van der Waals surface area contributed by atoms with E-state index in [1.54, 1.807) is 29.5 Å². The number of rotatable bonds is 5. The summed E-state index contributed by atoms with van der Waals surface area (Å²) >= 11 is 1.55. The molecule has 1 aromatic heterocycles. The van der Waals surface area contributed by atoms with Gasteiger partial charge in [-0.2, -0.15) is 0 Å². The van der Waals surface area contributed by atoms with Crippen LogP contribution in [-0.2, 0) is 12.0 Å². The van der Waals surface area contributed by atoms with Crippen LogP contribution in [0.2, 0.25) is 0 Å². The number of thiazole rings is 1. The quantitative estimate of drug-likeness (QED) is 0.824. The number of aromatic nitrogens is 1. The van der Waals surface area contributed by atoms with Gasteiger partial charge in [0.1, 0.15) is 10.6 Å². The van der Waals surface area contributed by atoms with Gasteiger partial charge in [-0.15, -0.1) is 23.7 Å². The number of ether oxygens (including phenoxy) is 1. The Morgan fingerprint density at radius 1 is 1.32 bits per heavy atom. The summed E-state index contributed by atoms with van der Waals surface area (Å²) in [6.07, 6.45) is 3.02. The van der Waals surface area contributed by atoms with Gasteiger partial charge in [0.25, 0.3) is 0 Å². The van der Waals surface area contributed by atoms with E-state index in [9.17, 15) is 9.50 Å². The van der Waals surface area contributed by atoms with Gasteiger partial charge in [0.05, 0.1) is 12.3 Å². The standard InChI is InChI=1S/C18H23FN2O2S.ClH/c1-13-16(7-12-23-15-6-3-2-5-14(15)19)24-17(21-13)18(22)8-4-10-20-11-9-18;/h2-3,5-6,20,22H,4,7-12H2,1H3;1H. The van der Waals surface area contributed by atoms with Gasteiger partial charge in [0.2, 0.25) is 0 Å². The first-order valence-corrected chi connectivity index (χ1v) is 9.17. The molecule has 2 aromatic rings. The highest BCUT2D eigenvalue weighted by molar-refractivity contribution is 7.11. The Kier molecular flexibility index (Phi) is 7.19. The SMILES string of the molecule is Cc1nc(C2(O)CCCNCC2)sc1CCOc1ccccc1F.Cl. The van der Waals surface area contributed by atoms with Crippen molar-refractivity contribution in [2.75, 3.05) is 19.7 Å². The Morgan fingerprint density at radius 3 is 2.92 bits per heavy atom. The Balaban J connectivity index is 0.00000225. The average molecular weight is 387 g/mol. The van der Waals surface area contributed by atoms with Crippen molar-refractivity contribution in [2.24, 2.45) is 0 Å². The fourth-order valence-corrected chi connectivity index (χ4v) is 4.13. The summed E-state index contributed by atoms with van der Waals surface area (Å²) in [5, 5.41) is 15.0. The smallest absolute Gasteiger partial charge is 0.165 e. The zero-order valence-electron chi connectivity index (χ0n) is 14.3. The summed E-state index contributed by atoms with van der Waals surface area (Å²) in [5.41, 5.74) is 0.0987. The van der Waals surface area contributed by atoms with Crippen molar-refractivity contribution in [3.63, 3.8) is 0 Å². The molecule has 2 N–H and O–H groups in total. The van der Waals surface area contributed by atoms with Crippen LogP contribution in [0.1, 0.15) is 34.8 Å². The van der Waals surface area contributed by atoms with Crippen LogP contribution in [0.15, 0.2) is 24.3 Å². The first-order valence-electron chi connectivity index (χ1n) is 8.36. The minimum atomic E-state index is -0.830. The molecule has 0 bridgehead atoms. The van der Waals surface area contributed by atoms with Gasteiger partial charge < -0.3 is 15.2 Å². The van der Waals surface area contributed by atoms with Gasteiger partial charge in [0.15, 0.2) is 11.6 Å². The molecule has 0 aliphatic carbocycles. The van der Waals surface area contributed by atoms with E-state index in [0.717, 1.165) is 41.5 Å². The van der Waals surface area contributed by atoms with Crippen molar-refractivity contribution in [2.45, 2.75) is 38.2 Å². The minimum Gasteiger partial charge on any atom is -0.490 e. The van der Waals surface area contributed by atoms with Crippen molar-refractivity contribution in [3.8, 4) is 5.75 Å². The lowest BCUT2D eigenvalue weighted by Crippen LogP contribution is -2.27. The normalized spacial score (nSPS) is 20.6. The second-order valence-corrected chi connectivity index (χ2v) is 7.28. The van der Waals surface area contributed by atoms with Crippen molar-refractivity contribution < 1.29 is 14.2 Å². The van der Waals surface area contributed by atoms with E-state index >= 15 is 0 Å². The second-order valence-electron chi connectivity index (χ2n) is 6.19. The van der Waals surface area contributed by atoms with E-state index in [1.807, 2.05) is 6.92 Å². The fraction of sp³-hybridized carbons (Fsp3) is 0.500. The summed E-state index contributed by atoms with van der Waals surface area (Å²) in [6, 6.07) is 6.41. The third-order valence-electron chi connectivity index (χ3n) is 4.37. The van der Waals surface area contributed by atoms with Crippen LogP contribution in [-0.4, -0.2) is 29.8 Å². The van der Waals surface area contributed by atoms with E-state index in [1.165, 1.54) is 6.07 Å². The lowest BCUT2D eigenvalue weighted by Gasteiger charge is -2.23. The van der Waals surface area contributed by atoms with Gasteiger partial charge in [-0.3, -0.25) is 0 Å². The molecule has 1 unspecified atom stereocenters. The fourth-order valence-electron chi connectivity index (χ4n) is 2.94. The van der Waals surface area contributed by atoms with Gasteiger partial charge in [-0.1, -0.05) is 12.1 Å². The predicted molar refractivity (Wildman–Crippen MR) is 100 cm³/mol. The zero-order chi connectivity index (χ0) is 17.0. The highest BCUT2D eigenvalue weighted by Gasteiger charge is 2.33. The molecule has 4 nitrogen and oxygen atoms in total. The summed E-state index contributed by atoms with van der Waals surface area (Å²) in [4.78, 5) is 5.69. The van der Waals surface area contributed by atoms with Crippen molar-refractivity contribution in [1.82, 2.24) is 10.3 Å². The molecule has 7 heteroatoms. The van der Waals surface area contributed by atoms with Crippen molar-refractivity contribution in [1.29, 1.82) is 0 Å². The van der Waals surface area contributed by atoms with Crippen LogP contribution in [0.5, 0.6) is 5.75 Å². The zero-order valence-corrected chi connectivity index (χ0v) is 15.9. The van der Waals surface area contributed by atoms with E-state index < -0.39 is 5.60 Å². The number of nitrogens with one attached hydrogen (secondary N) is 1. The van der Waals surface area contributed by atoms with Crippen LogP contribution in [0.25, 0.3) is 0 Å². The maximum absolute atomic E-state index is 13.6. The Morgan fingerprint density at radius 2 is 2.12 bits per heavy atom. The molecule has 1 saturated heterocycles. The van der Waals surface area contributed by atoms with Crippen LogP contribution < -0.4 is 10.1 Å². The van der Waals surface area contributed by atoms with Gasteiger partial charge in [0, 0.05) is 11.3 Å². The predicted octanol–water partition coefficient (Wildman–Crippen LogP) is 3.60. The number of hydrogen-bond donors (Lipinski definition) is 2. The van der Waals surface area contributed by atoms with Crippen molar-refractivity contribution in [3.05, 3.63) is 45.7 Å². The molecular weight excluding hydrogens is 363 g/mol. The first-order chi connectivity index (χ1) is 11.6. The minimum absolute atomic E-state index is 0. The molecule has 0 amide bonds. The lowest BCUT2D eigenvalue weighted by molar-refractivity contribution is 0.0237. The van der Waals surface area contributed by atoms with Crippen molar-refractivity contribution >= 4 is 23.7 Å². The van der Waals surface area contributed by atoms with Gasteiger partial charge in [-0.05, 0) is 51.4 Å². The number of halogens is 2. The topological polar surface area (TPSA) is 54.4 Å². The third kappa shape index (κ3) is 4.91. The van der Waals surface area contributed by atoms with E-state index in [0.29, 0.717) is 19.4 Å². The van der Waals surface area contributed by atoms with E-state index in [4.69, 9.17) is 4.74 Å². The maximum Gasteiger partial charge on any atom is 0.165 e. The molecule has 138 valence electrons. The molecular formula is C18H24ClFN2O2S. The Bertz CT molecular complexity index is 687. The summed E-state index contributed by atoms with van der Waals surface area (Å²) in [5.74, 6) is -0.0761. The second kappa shape index (κ2) is 8.94. The van der Waals surface area contributed by atoms with Crippen LogP contribution in [0.4, 0.5) is 4.39 Å². The molecule has 1 aliphatic heterocycles. The lowest BCUT2D eigenvalue weighted by atomic mass is 9.96. The molecule has 1 atom stereocenters. The van der Waals surface area contributed by atoms with E-state index in [-0.39, 0.29) is 24.0 Å². The Hall–Kier alpha value is -1.21. The Labute approximate surface area is 157 Å². The number of aryl methyl sites for hydroxylation is 1.